The van der Waals surface area contributed by atoms with Crippen LogP contribution in [-0.4, -0.2) is 56.7 Å². The highest BCUT2D eigenvalue weighted by molar-refractivity contribution is 7.99. The van der Waals surface area contributed by atoms with E-state index >= 15 is 0 Å². The van der Waals surface area contributed by atoms with E-state index in [0.29, 0.717) is 31.6 Å². The number of rotatable bonds is 14. The van der Waals surface area contributed by atoms with E-state index in [1.807, 2.05) is 0 Å². The van der Waals surface area contributed by atoms with Gasteiger partial charge in [0.1, 0.15) is 5.78 Å². The third-order valence-corrected chi connectivity index (χ3v) is 4.04. The molecule has 0 spiro atoms. The zero-order valence-corrected chi connectivity index (χ0v) is 14.0. The van der Waals surface area contributed by atoms with E-state index in [4.69, 9.17) is 18.3 Å². The van der Waals surface area contributed by atoms with Crippen molar-refractivity contribution < 1.29 is 19.1 Å². The van der Waals surface area contributed by atoms with Gasteiger partial charge in [0.2, 0.25) is 11.8 Å². The van der Waals surface area contributed by atoms with E-state index < -0.39 is 11.8 Å². The van der Waals surface area contributed by atoms with Gasteiger partial charge < -0.3 is 15.8 Å². The molecule has 2 radical (unpaired) electrons. The van der Waals surface area contributed by atoms with E-state index in [9.17, 15) is 14.4 Å². The Labute approximate surface area is 137 Å². The fourth-order valence-electron chi connectivity index (χ4n) is 1.60. The first-order chi connectivity index (χ1) is 10.5. The van der Waals surface area contributed by atoms with Crippen LogP contribution in [0, 0.1) is 5.92 Å². The molecule has 124 valence electrons. The summed E-state index contributed by atoms with van der Waals surface area (Å²) in [4.78, 5) is 34.0. The first-order valence-electron chi connectivity index (χ1n) is 7.44. The predicted molar refractivity (Wildman–Crippen MR) is 88.9 cm³/mol. The quantitative estimate of drug-likeness (QED) is 0.353. The second-order valence-corrected chi connectivity index (χ2v) is 5.92. The Morgan fingerprint density at radius 3 is 2.64 bits per heavy atom. The van der Waals surface area contributed by atoms with Crippen LogP contribution in [0.4, 0.5) is 0 Å². The molecule has 6 nitrogen and oxygen atoms in total. The van der Waals surface area contributed by atoms with Gasteiger partial charge >= 0.3 is 0 Å². The smallest absolute Gasteiger partial charge is 0.221 e. The lowest BCUT2D eigenvalue weighted by molar-refractivity contribution is -0.127. The second kappa shape index (κ2) is 13.6. The normalized spacial score (nSPS) is 11.9. The summed E-state index contributed by atoms with van der Waals surface area (Å²) in [7, 11) is 5.38. The van der Waals surface area contributed by atoms with Crippen LogP contribution >= 0.6 is 11.8 Å². The fourth-order valence-corrected chi connectivity index (χ4v) is 2.50. The lowest BCUT2D eigenvalue weighted by Gasteiger charge is -2.12. The van der Waals surface area contributed by atoms with Crippen molar-refractivity contribution in [2.24, 2.45) is 11.7 Å². The van der Waals surface area contributed by atoms with Crippen molar-refractivity contribution in [2.75, 3.05) is 31.3 Å². The van der Waals surface area contributed by atoms with Crippen LogP contribution in [0.3, 0.4) is 0 Å². The summed E-state index contributed by atoms with van der Waals surface area (Å²) in [6.07, 6.45) is 1.36. The summed E-state index contributed by atoms with van der Waals surface area (Å²) in [5.74, 6) is 0.273. The van der Waals surface area contributed by atoms with E-state index in [1.54, 1.807) is 6.92 Å². The Morgan fingerprint density at radius 1 is 1.32 bits per heavy atom. The lowest BCUT2D eigenvalue weighted by atomic mass is 10.0. The van der Waals surface area contributed by atoms with E-state index in [-0.39, 0.29) is 31.1 Å². The van der Waals surface area contributed by atoms with Crippen LogP contribution in [0.25, 0.3) is 0 Å². The summed E-state index contributed by atoms with van der Waals surface area (Å²) in [6, 6.07) is 0. The maximum absolute atomic E-state index is 11.8. The number of thioether (sulfide) groups is 1. The molecule has 0 saturated heterocycles. The van der Waals surface area contributed by atoms with Crippen LogP contribution in [0.1, 0.15) is 26.2 Å². The molecular formula is C14H25BN2O4S. The van der Waals surface area contributed by atoms with Crippen molar-refractivity contribution >= 4 is 37.2 Å². The molecule has 0 bridgehead atoms. The minimum absolute atomic E-state index is 0.0287. The molecule has 0 aliphatic heterocycles. The third-order valence-electron chi connectivity index (χ3n) is 2.87. The second-order valence-electron chi connectivity index (χ2n) is 4.77. The van der Waals surface area contributed by atoms with Crippen molar-refractivity contribution in [3.05, 3.63) is 0 Å². The SMILES string of the molecule is [B]CCSCC(CC(=O)CCOCCNC(=O)CC)C(N)=O. The van der Waals surface area contributed by atoms with Crippen molar-refractivity contribution in [2.45, 2.75) is 32.5 Å². The Balaban J connectivity index is 3.76. The molecule has 0 aromatic heterocycles. The molecule has 0 aliphatic rings. The number of carbonyl (C=O) groups excluding carboxylic acids is 3. The molecule has 0 saturated carbocycles. The average molecular weight is 328 g/mol. The van der Waals surface area contributed by atoms with Crippen molar-refractivity contribution in [1.82, 2.24) is 5.32 Å². The summed E-state index contributed by atoms with van der Waals surface area (Å²) < 4.78 is 5.27. The number of primary amides is 1. The van der Waals surface area contributed by atoms with E-state index in [0.717, 1.165) is 5.75 Å². The zero-order valence-electron chi connectivity index (χ0n) is 13.1. The van der Waals surface area contributed by atoms with Gasteiger partial charge in [-0.3, -0.25) is 14.4 Å². The summed E-state index contributed by atoms with van der Waals surface area (Å²) in [5, 5.41) is 2.67. The summed E-state index contributed by atoms with van der Waals surface area (Å²) >= 11 is 1.52. The van der Waals surface area contributed by atoms with Gasteiger partial charge in [0.05, 0.1) is 27.0 Å². The van der Waals surface area contributed by atoms with Crippen molar-refractivity contribution in [3.8, 4) is 0 Å². The highest BCUT2D eigenvalue weighted by Gasteiger charge is 2.19. The number of Topliss-reactive ketones (excluding diaryl/α,β-unsaturated/α-hetero) is 1. The van der Waals surface area contributed by atoms with Gasteiger partial charge in [0.15, 0.2) is 0 Å². The first kappa shape index (κ1) is 21.0. The molecular weight excluding hydrogens is 303 g/mol. The highest BCUT2D eigenvalue weighted by Crippen LogP contribution is 2.14. The van der Waals surface area contributed by atoms with Gasteiger partial charge in [-0.2, -0.15) is 11.8 Å². The molecule has 2 amide bonds. The summed E-state index contributed by atoms with van der Waals surface area (Å²) in [6.45, 7) is 2.85. The Bertz CT molecular complexity index is 356. The van der Waals surface area contributed by atoms with Crippen LogP contribution < -0.4 is 11.1 Å². The molecule has 0 aromatic carbocycles. The molecule has 1 unspecified atom stereocenters. The highest BCUT2D eigenvalue weighted by atomic mass is 32.2. The number of carbonyl (C=O) groups is 3. The van der Waals surface area contributed by atoms with Crippen LogP contribution in [0.15, 0.2) is 0 Å². The van der Waals surface area contributed by atoms with Gasteiger partial charge in [0.25, 0.3) is 0 Å². The van der Waals surface area contributed by atoms with Gasteiger partial charge in [0, 0.05) is 31.6 Å². The minimum Gasteiger partial charge on any atom is -0.379 e. The van der Waals surface area contributed by atoms with E-state index in [1.165, 1.54) is 11.8 Å². The Hall–Kier alpha value is -1.02. The first-order valence-corrected chi connectivity index (χ1v) is 8.60. The largest absolute Gasteiger partial charge is 0.379 e. The standard InChI is InChI=1S/C14H25BN2O4S/c1-2-13(19)17-5-7-21-6-3-12(18)9-11(14(16)20)10-22-8-4-15/h11H,2-10H2,1H3,(H2,16,20)(H,17,19). The predicted octanol–water partition coefficient (Wildman–Crippen LogP) is 0.300. The molecule has 0 aromatic rings. The molecule has 1 atom stereocenters. The van der Waals surface area contributed by atoms with Crippen molar-refractivity contribution in [1.29, 1.82) is 0 Å². The maximum Gasteiger partial charge on any atom is 0.221 e. The van der Waals surface area contributed by atoms with Crippen molar-refractivity contribution in [3.63, 3.8) is 0 Å². The molecule has 22 heavy (non-hydrogen) atoms. The van der Waals surface area contributed by atoms with Gasteiger partial charge in [-0.1, -0.05) is 13.2 Å². The van der Waals surface area contributed by atoms with Gasteiger partial charge in [-0.15, -0.1) is 0 Å². The minimum atomic E-state index is -0.457. The number of hydrogen-bond acceptors (Lipinski definition) is 5. The fraction of sp³-hybridized carbons (Fsp3) is 0.786. The van der Waals surface area contributed by atoms with E-state index in [2.05, 4.69) is 5.32 Å². The average Bonchev–Trinajstić information content (AvgIpc) is 2.49. The zero-order chi connectivity index (χ0) is 16.8. The third kappa shape index (κ3) is 11.6. The van der Waals surface area contributed by atoms with Gasteiger partial charge in [-0.05, 0) is 5.75 Å². The Kier molecular flexibility index (Phi) is 13.0. The number of nitrogens with one attached hydrogen (secondary N) is 1. The van der Waals surface area contributed by atoms with Crippen LogP contribution in [-0.2, 0) is 19.1 Å². The van der Waals surface area contributed by atoms with Crippen LogP contribution in [0.2, 0.25) is 6.32 Å². The molecule has 0 rings (SSSR count). The number of ketones is 1. The number of hydrogen-bond donors (Lipinski definition) is 2. The molecule has 0 heterocycles. The molecule has 0 fully saturated rings. The monoisotopic (exact) mass is 328 g/mol. The van der Waals surface area contributed by atoms with Crippen LogP contribution in [0.5, 0.6) is 0 Å². The maximum atomic E-state index is 11.8. The summed E-state index contributed by atoms with van der Waals surface area (Å²) in [5.41, 5.74) is 5.30. The molecule has 8 heteroatoms. The lowest BCUT2D eigenvalue weighted by Crippen LogP contribution is -2.28. The molecule has 0 aliphatic carbocycles. The number of nitrogens with two attached hydrogens (primary N) is 1. The topological polar surface area (TPSA) is 98.5 Å². The van der Waals surface area contributed by atoms with Gasteiger partial charge in [-0.25, -0.2) is 0 Å². The Morgan fingerprint density at radius 2 is 2.05 bits per heavy atom. The number of amides is 2. The number of ether oxygens (including phenoxy) is 1. The molecule has 3 N–H and O–H groups in total.